The van der Waals surface area contributed by atoms with E-state index in [4.69, 9.17) is 0 Å². The molecule has 0 bridgehead atoms. The van der Waals surface area contributed by atoms with Crippen molar-refractivity contribution in [2.45, 2.75) is 69.7 Å². The number of urea groups is 2. The molecule has 0 aromatic rings. The normalized spacial score (nSPS) is 21.7. The van der Waals surface area contributed by atoms with Crippen molar-refractivity contribution in [2.24, 2.45) is 0 Å². The molecule has 0 aromatic carbocycles. The molecule has 1 saturated carbocycles. The van der Waals surface area contributed by atoms with Crippen molar-refractivity contribution in [3.8, 4) is 0 Å². The lowest BCUT2D eigenvalue weighted by molar-refractivity contribution is -0.137. The fourth-order valence-corrected chi connectivity index (χ4v) is 4.49. The van der Waals surface area contributed by atoms with Gasteiger partial charge in [0.1, 0.15) is 12.1 Å². The summed E-state index contributed by atoms with van der Waals surface area (Å²) in [4.78, 5) is 51.9. The Morgan fingerprint density at radius 3 is 2.54 bits per heavy atom. The van der Waals surface area contributed by atoms with E-state index in [1.807, 2.05) is 0 Å². The van der Waals surface area contributed by atoms with Crippen molar-refractivity contribution in [3.63, 3.8) is 0 Å². The molecule has 6 amide bonds. The summed E-state index contributed by atoms with van der Waals surface area (Å²) in [6.45, 7) is 0.0285. The third-order valence-corrected chi connectivity index (χ3v) is 6.16. The van der Waals surface area contributed by atoms with Crippen molar-refractivity contribution < 1.29 is 19.2 Å². The van der Waals surface area contributed by atoms with Crippen LogP contribution >= 0.6 is 0 Å². The summed E-state index contributed by atoms with van der Waals surface area (Å²) in [6.07, 6.45) is 11.6. The van der Waals surface area contributed by atoms with Gasteiger partial charge in [0, 0.05) is 13.6 Å². The van der Waals surface area contributed by atoms with Crippen LogP contribution in [-0.4, -0.2) is 59.4 Å². The standard InChI is InChI=1S/C20H30N4O4/c1-23-19(28)24(17(26)20(23)11-6-3-7-12-20)14-16(25)22-18(27)21-13-10-15-8-4-2-5-9-15/h8H,2-7,9-14H2,1H3,(H2,21,22,25,27). The van der Waals surface area contributed by atoms with Gasteiger partial charge >= 0.3 is 12.1 Å². The summed E-state index contributed by atoms with van der Waals surface area (Å²) < 4.78 is 0. The Bertz CT molecular complexity index is 682. The van der Waals surface area contributed by atoms with Gasteiger partial charge < -0.3 is 10.2 Å². The summed E-state index contributed by atoms with van der Waals surface area (Å²) in [5.41, 5.74) is 0.526. The number of nitrogens with one attached hydrogen (secondary N) is 2. The molecule has 2 N–H and O–H groups in total. The third-order valence-electron chi connectivity index (χ3n) is 6.16. The Balaban J connectivity index is 1.47. The van der Waals surface area contributed by atoms with Crippen LogP contribution in [0.5, 0.6) is 0 Å². The molecule has 154 valence electrons. The molecule has 3 aliphatic rings. The third kappa shape index (κ3) is 4.20. The highest BCUT2D eigenvalue weighted by Crippen LogP contribution is 2.39. The quantitative estimate of drug-likeness (QED) is 0.556. The Hall–Kier alpha value is -2.38. The zero-order valence-electron chi connectivity index (χ0n) is 16.6. The topological polar surface area (TPSA) is 98.8 Å². The molecule has 0 atom stereocenters. The van der Waals surface area contributed by atoms with Crippen molar-refractivity contribution >= 4 is 23.9 Å². The minimum atomic E-state index is -0.814. The Morgan fingerprint density at radius 2 is 1.86 bits per heavy atom. The molecular formula is C20H30N4O4. The summed E-state index contributed by atoms with van der Waals surface area (Å²) in [5.74, 6) is -0.975. The van der Waals surface area contributed by atoms with Crippen molar-refractivity contribution in [1.29, 1.82) is 0 Å². The molecule has 0 radical (unpaired) electrons. The van der Waals surface area contributed by atoms with Crippen LogP contribution in [0.3, 0.4) is 0 Å². The maximum atomic E-state index is 12.8. The molecule has 1 spiro atoms. The maximum Gasteiger partial charge on any atom is 0.327 e. The van der Waals surface area contributed by atoms with Crippen molar-refractivity contribution in [3.05, 3.63) is 11.6 Å². The number of hydrogen-bond acceptors (Lipinski definition) is 4. The average molecular weight is 390 g/mol. The predicted molar refractivity (Wildman–Crippen MR) is 103 cm³/mol. The largest absolute Gasteiger partial charge is 0.337 e. The minimum Gasteiger partial charge on any atom is -0.337 e. The lowest BCUT2D eigenvalue weighted by Crippen LogP contribution is -2.50. The smallest absolute Gasteiger partial charge is 0.327 e. The second-order valence-electron chi connectivity index (χ2n) is 7.99. The van der Waals surface area contributed by atoms with Gasteiger partial charge in [-0.25, -0.2) is 9.59 Å². The fraction of sp³-hybridized carbons (Fsp3) is 0.700. The van der Waals surface area contributed by atoms with E-state index in [1.54, 1.807) is 7.05 Å². The number of nitrogens with zero attached hydrogens (tertiary/aromatic N) is 2. The number of likely N-dealkylation sites (N-methyl/N-ethyl adjacent to an activating group) is 1. The monoisotopic (exact) mass is 390 g/mol. The van der Waals surface area contributed by atoms with Gasteiger partial charge in [0.25, 0.3) is 5.91 Å². The Morgan fingerprint density at radius 1 is 1.11 bits per heavy atom. The van der Waals surface area contributed by atoms with Crippen LogP contribution in [-0.2, 0) is 9.59 Å². The van der Waals surface area contributed by atoms with Crippen LogP contribution in [0.25, 0.3) is 0 Å². The minimum absolute atomic E-state index is 0.320. The Kier molecular flexibility index (Phi) is 6.36. The predicted octanol–water partition coefficient (Wildman–Crippen LogP) is 2.30. The summed E-state index contributed by atoms with van der Waals surface area (Å²) in [6, 6.07) is -1.06. The van der Waals surface area contributed by atoms with E-state index in [-0.39, 0.29) is 5.91 Å². The van der Waals surface area contributed by atoms with E-state index in [9.17, 15) is 19.2 Å². The molecule has 0 aromatic heterocycles. The molecule has 2 aliphatic carbocycles. The van der Waals surface area contributed by atoms with Crippen LogP contribution in [0.1, 0.15) is 64.2 Å². The first-order valence-corrected chi connectivity index (χ1v) is 10.3. The van der Waals surface area contributed by atoms with E-state index in [2.05, 4.69) is 16.7 Å². The first-order valence-electron chi connectivity index (χ1n) is 10.3. The molecular weight excluding hydrogens is 360 g/mol. The number of allylic oxidation sites excluding steroid dienone is 1. The lowest BCUT2D eigenvalue weighted by Gasteiger charge is -2.35. The van der Waals surface area contributed by atoms with Crippen LogP contribution < -0.4 is 10.6 Å². The van der Waals surface area contributed by atoms with Gasteiger partial charge in [-0.2, -0.15) is 0 Å². The summed E-state index contributed by atoms with van der Waals surface area (Å²) in [7, 11) is 1.62. The maximum absolute atomic E-state index is 12.8. The molecule has 0 unspecified atom stereocenters. The second kappa shape index (κ2) is 8.75. The molecule has 3 rings (SSSR count). The van der Waals surface area contributed by atoms with E-state index in [1.165, 1.54) is 23.3 Å². The van der Waals surface area contributed by atoms with E-state index in [0.717, 1.165) is 43.4 Å². The zero-order valence-corrected chi connectivity index (χ0v) is 16.6. The van der Waals surface area contributed by atoms with Gasteiger partial charge in [0.2, 0.25) is 5.91 Å². The molecule has 2 fully saturated rings. The molecule has 1 aliphatic heterocycles. The van der Waals surface area contributed by atoms with Gasteiger partial charge in [-0.15, -0.1) is 0 Å². The number of amides is 6. The van der Waals surface area contributed by atoms with Crippen molar-refractivity contribution in [2.75, 3.05) is 20.1 Å². The van der Waals surface area contributed by atoms with Gasteiger partial charge in [-0.1, -0.05) is 30.9 Å². The number of imide groups is 2. The zero-order chi connectivity index (χ0) is 20.1. The number of hydrogen-bond donors (Lipinski definition) is 2. The van der Waals surface area contributed by atoms with Gasteiger partial charge in [-0.3, -0.25) is 19.8 Å². The molecule has 8 nitrogen and oxygen atoms in total. The molecule has 1 saturated heterocycles. The van der Waals surface area contributed by atoms with Crippen molar-refractivity contribution in [1.82, 2.24) is 20.4 Å². The molecule has 8 heteroatoms. The highest BCUT2D eigenvalue weighted by molar-refractivity contribution is 6.09. The van der Waals surface area contributed by atoms with Crippen LogP contribution in [0.4, 0.5) is 9.59 Å². The molecule has 28 heavy (non-hydrogen) atoms. The van der Waals surface area contributed by atoms with Crippen LogP contribution in [0.2, 0.25) is 0 Å². The lowest BCUT2D eigenvalue weighted by atomic mass is 9.81. The number of rotatable bonds is 5. The van der Waals surface area contributed by atoms with Gasteiger partial charge in [0.05, 0.1) is 0 Å². The highest BCUT2D eigenvalue weighted by Gasteiger charge is 2.55. The van der Waals surface area contributed by atoms with E-state index in [0.29, 0.717) is 19.4 Å². The van der Waals surface area contributed by atoms with Gasteiger partial charge in [-0.05, 0) is 44.9 Å². The summed E-state index contributed by atoms with van der Waals surface area (Å²) in [5, 5.41) is 4.88. The second-order valence-corrected chi connectivity index (χ2v) is 7.99. The van der Waals surface area contributed by atoms with Gasteiger partial charge in [0.15, 0.2) is 0 Å². The van der Waals surface area contributed by atoms with Crippen LogP contribution in [0.15, 0.2) is 11.6 Å². The fourth-order valence-electron chi connectivity index (χ4n) is 4.49. The summed E-state index contributed by atoms with van der Waals surface area (Å²) >= 11 is 0. The van der Waals surface area contributed by atoms with Crippen LogP contribution in [0, 0.1) is 0 Å². The molecule has 1 heterocycles. The average Bonchev–Trinajstić information content (AvgIpc) is 2.86. The number of carbonyl (C=O) groups is 4. The first kappa shape index (κ1) is 20.4. The van der Waals surface area contributed by atoms with E-state index < -0.39 is 30.1 Å². The number of carbonyl (C=O) groups excluding carboxylic acids is 4. The highest BCUT2D eigenvalue weighted by atomic mass is 16.2. The first-order chi connectivity index (χ1) is 13.4. The SMILES string of the molecule is CN1C(=O)N(CC(=O)NC(=O)NCCC2=CCCCC2)C(=O)C12CCCCC2. The van der Waals surface area contributed by atoms with E-state index >= 15 is 0 Å². The Labute approximate surface area is 165 Å².